The number of carbonyl (C=O) groups is 1. The van der Waals surface area contributed by atoms with Crippen molar-refractivity contribution in [2.24, 2.45) is 0 Å². The summed E-state index contributed by atoms with van der Waals surface area (Å²) in [5.41, 5.74) is 1.51. The van der Waals surface area contributed by atoms with Crippen molar-refractivity contribution in [2.75, 3.05) is 19.6 Å². The normalized spacial score (nSPS) is 21.7. The van der Waals surface area contributed by atoms with Gasteiger partial charge in [0.1, 0.15) is 0 Å². The molecule has 0 bridgehead atoms. The highest BCUT2D eigenvalue weighted by Gasteiger charge is 2.49. The summed E-state index contributed by atoms with van der Waals surface area (Å²) in [6, 6.07) is 8.78. The number of likely N-dealkylation sites (tertiary alicyclic amines) is 1. The highest BCUT2D eigenvalue weighted by atomic mass is 79.9. The van der Waals surface area contributed by atoms with Crippen LogP contribution in [-0.4, -0.2) is 36.5 Å². The van der Waals surface area contributed by atoms with Gasteiger partial charge in [-0.3, -0.25) is 4.79 Å². The molecule has 0 aromatic heterocycles. The average molecular weight is 379 g/mol. The number of hydrogen-bond acceptors (Lipinski definition) is 2. The van der Waals surface area contributed by atoms with Gasteiger partial charge in [-0.25, -0.2) is 0 Å². The lowest BCUT2D eigenvalue weighted by molar-refractivity contribution is -0.122. The number of piperidine rings is 1. The molecule has 1 aliphatic heterocycles. The lowest BCUT2D eigenvalue weighted by Gasteiger charge is -2.28. The van der Waals surface area contributed by atoms with E-state index in [4.69, 9.17) is 0 Å². The van der Waals surface area contributed by atoms with Crippen LogP contribution in [-0.2, 0) is 10.2 Å². The van der Waals surface area contributed by atoms with E-state index in [0.717, 1.165) is 24.1 Å². The molecule has 1 unspecified atom stereocenters. The Labute approximate surface area is 148 Å². The van der Waals surface area contributed by atoms with Crippen LogP contribution >= 0.6 is 15.9 Å². The standard InChI is InChI=1S/C19H27BrN2O/c1-15(19(10-11-19)16-5-7-17(20)8-6-16)21-18(23)9-14-22-12-3-2-4-13-22/h5-8,15H,2-4,9-14H2,1H3,(H,21,23). The van der Waals surface area contributed by atoms with Crippen LogP contribution in [0.25, 0.3) is 0 Å². The molecular formula is C19H27BrN2O. The molecule has 2 aliphatic rings. The van der Waals surface area contributed by atoms with Crippen molar-refractivity contribution < 1.29 is 4.79 Å². The minimum absolute atomic E-state index is 0.154. The molecule has 3 nitrogen and oxygen atoms in total. The van der Waals surface area contributed by atoms with Gasteiger partial charge < -0.3 is 10.2 Å². The maximum Gasteiger partial charge on any atom is 0.221 e. The second-order valence-corrected chi connectivity index (χ2v) is 8.02. The highest BCUT2D eigenvalue weighted by Crippen LogP contribution is 2.51. The number of halogens is 1. The maximum absolute atomic E-state index is 12.3. The van der Waals surface area contributed by atoms with Crippen molar-refractivity contribution in [3.63, 3.8) is 0 Å². The average Bonchev–Trinajstić information content (AvgIpc) is 3.36. The molecule has 1 heterocycles. The van der Waals surface area contributed by atoms with Gasteiger partial charge in [-0.15, -0.1) is 0 Å². The third-order valence-electron chi connectivity index (χ3n) is 5.52. The minimum Gasteiger partial charge on any atom is -0.353 e. The van der Waals surface area contributed by atoms with E-state index < -0.39 is 0 Å². The van der Waals surface area contributed by atoms with E-state index in [9.17, 15) is 4.79 Å². The first-order valence-corrected chi connectivity index (χ1v) is 9.67. The number of hydrogen-bond donors (Lipinski definition) is 1. The topological polar surface area (TPSA) is 32.3 Å². The van der Waals surface area contributed by atoms with Gasteiger partial charge >= 0.3 is 0 Å². The molecule has 126 valence electrons. The van der Waals surface area contributed by atoms with Gasteiger partial charge in [0.2, 0.25) is 5.91 Å². The summed E-state index contributed by atoms with van der Waals surface area (Å²) in [4.78, 5) is 14.7. The van der Waals surface area contributed by atoms with Crippen LogP contribution < -0.4 is 5.32 Å². The van der Waals surface area contributed by atoms with E-state index >= 15 is 0 Å². The van der Waals surface area contributed by atoms with Gasteiger partial charge in [0.05, 0.1) is 0 Å². The van der Waals surface area contributed by atoms with Crippen LogP contribution in [0.1, 0.15) is 51.0 Å². The van der Waals surface area contributed by atoms with Crippen LogP contribution in [0.4, 0.5) is 0 Å². The minimum atomic E-state index is 0.154. The number of rotatable bonds is 6. The monoisotopic (exact) mass is 378 g/mol. The molecule has 1 aliphatic carbocycles. The molecule has 3 rings (SSSR count). The largest absolute Gasteiger partial charge is 0.353 e. The summed E-state index contributed by atoms with van der Waals surface area (Å²) in [5.74, 6) is 0.200. The van der Waals surface area contributed by atoms with E-state index in [2.05, 4.69) is 57.3 Å². The van der Waals surface area contributed by atoms with Gasteiger partial charge in [-0.2, -0.15) is 0 Å². The first-order valence-electron chi connectivity index (χ1n) is 8.88. The predicted octanol–water partition coefficient (Wildman–Crippen LogP) is 3.86. The van der Waals surface area contributed by atoms with E-state index in [-0.39, 0.29) is 17.4 Å². The number of carbonyl (C=O) groups excluding carboxylic acids is 1. The van der Waals surface area contributed by atoms with Crippen molar-refractivity contribution in [3.05, 3.63) is 34.3 Å². The lowest BCUT2D eigenvalue weighted by Crippen LogP contribution is -2.42. The SMILES string of the molecule is CC(NC(=O)CCN1CCCCC1)C1(c2ccc(Br)cc2)CC1. The first-order chi connectivity index (χ1) is 11.1. The molecule has 1 amide bonds. The number of nitrogens with zero attached hydrogens (tertiary/aromatic N) is 1. The number of nitrogens with one attached hydrogen (secondary N) is 1. The Morgan fingerprint density at radius 2 is 1.87 bits per heavy atom. The summed E-state index contributed by atoms with van der Waals surface area (Å²) >= 11 is 3.49. The first kappa shape index (κ1) is 17.0. The zero-order valence-electron chi connectivity index (χ0n) is 14.0. The Balaban J connectivity index is 1.50. The molecule has 1 aromatic rings. The Hall–Kier alpha value is -0.870. The molecule has 23 heavy (non-hydrogen) atoms. The van der Waals surface area contributed by atoms with Crippen molar-refractivity contribution in [3.8, 4) is 0 Å². The zero-order chi connectivity index (χ0) is 16.3. The molecule has 1 aromatic carbocycles. The van der Waals surface area contributed by atoms with Crippen molar-refractivity contribution in [1.82, 2.24) is 10.2 Å². The Bertz CT molecular complexity index is 533. The molecule has 0 radical (unpaired) electrons. The fourth-order valence-electron chi connectivity index (χ4n) is 3.78. The van der Waals surface area contributed by atoms with Crippen LogP contribution in [0, 0.1) is 0 Å². The summed E-state index contributed by atoms with van der Waals surface area (Å²) in [6.45, 7) is 5.38. The molecule has 1 saturated carbocycles. The second-order valence-electron chi connectivity index (χ2n) is 7.10. The van der Waals surface area contributed by atoms with Gasteiger partial charge in [0.15, 0.2) is 0 Å². The number of amides is 1. The van der Waals surface area contributed by atoms with Gasteiger partial charge in [0, 0.05) is 28.9 Å². The second kappa shape index (κ2) is 7.35. The van der Waals surface area contributed by atoms with Crippen molar-refractivity contribution in [2.45, 2.75) is 56.9 Å². The third-order valence-corrected chi connectivity index (χ3v) is 6.05. The quantitative estimate of drug-likeness (QED) is 0.814. The molecule has 4 heteroatoms. The van der Waals surface area contributed by atoms with Crippen LogP contribution in [0.2, 0.25) is 0 Å². The molecule has 1 atom stereocenters. The Morgan fingerprint density at radius 3 is 2.48 bits per heavy atom. The third kappa shape index (κ3) is 4.16. The summed E-state index contributed by atoms with van der Waals surface area (Å²) in [5, 5.41) is 3.26. The maximum atomic E-state index is 12.3. The highest BCUT2D eigenvalue weighted by molar-refractivity contribution is 9.10. The molecular weight excluding hydrogens is 352 g/mol. The smallest absolute Gasteiger partial charge is 0.221 e. The van der Waals surface area contributed by atoms with E-state index in [0.29, 0.717) is 6.42 Å². The van der Waals surface area contributed by atoms with E-state index in [1.807, 2.05) is 0 Å². The summed E-state index contributed by atoms with van der Waals surface area (Å²) in [6.07, 6.45) is 6.87. The van der Waals surface area contributed by atoms with Gasteiger partial charge in [-0.1, -0.05) is 34.5 Å². The van der Waals surface area contributed by atoms with Crippen molar-refractivity contribution in [1.29, 1.82) is 0 Å². The van der Waals surface area contributed by atoms with E-state index in [1.165, 1.54) is 37.7 Å². The molecule has 1 saturated heterocycles. The van der Waals surface area contributed by atoms with E-state index in [1.54, 1.807) is 0 Å². The number of benzene rings is 1. The van der Waals surface area contributed by atoms with Crippen molar-refractivity contribution >= 4 is 21.8 Å². The zero-order valence-corrected chi connectivity index (χ0v) is 15.6. The fourth-order valence-corrected chi connectivity index (χ4v) is 4.05. The van der Waals surface area contributed by atoms with Crippen LogP contribution in [0.3, 0.4) is 0 Å². The Morgan fingerprint density at radius 1 is 1.22 bits per heavy atom. The molecule has 1 N–H and O–H groups in total. The Kier molecular flexibility index (Phi) is 5.42. The van der Waals surface area contributed by atoms with Gasteiger partial charge in [0.25, 0.3) is 0 Å². The molecule has 0 spiro atoms. The van der Waals surface area contributed by atoms with Gasteiger partial charge in [-0.05, 0) is 63.4 Å². The fraction of sp³-hybridized carbons (Fsp3) is 0.632. The van der Waals surface area contributed by atoms with Crippen LogP contribution in [0.5, 0.6) is 0 Å². The molecule has 2 fully saturated rings. The summed E-state index contributed by atoms with van der Waals surface area (Å²) < 4.78 is 1.11. The summed E-state index contributed by atoms with van der Waals surface area (Å²) in [7, 11) is 0. The lowest BCUT2D eigenvalue weighted by atomic mass is 9.89. The predicted molar refractivity (Wildman–Crippen MR) is 97.6 cm³/mol. The van der Waals surface area contributed by atoms with Crippen LogP contribution in [0.15, 0.2) is 28.7 Å².